The van der Waals surface area contributed by atoms with Gasteiger partial charge in [-0.05, 0) is 32.1 Å². The van der Waals surface area contributed by atoms with E-state index in [-0.39, 0.29) is 5.97 Å². The highest BCUT2D eigenvalue weighted by atomic mass is 16.5. The van der Waals surface area contributed by atoms with Gasteiger partial charge in [0.25, 0.3) is 0 Å². The lowest BCUT2D eigenvalue weighted by Gasteiger charge is -2.02. The molecule has 0 aliphatic rings. The monoisotopic (exact) mass is 366 g/mol. The number of methoxy groups -OCH3 is 1. The van der Waals surface area contributed by atoms with Crippen LogP contribution >= 0.6 is 0 Å². The number of ether oxygens (including phenoxy) is 1. The molecule has 0 aromatic carbocycles. The van der Waals surface area contributed by atoms with Crippen LogP contribution in [0, 0.1) is 0 Å². The molecule has 26 heavy (non-hydrogen) atoms. The lowest BCUT2D eigenvalue weighted by Crippen LogP contribution is -1.98. The van der Waals surface area contributed by atoms with Gasteiger partial charge in [-0.25, -0.2) is 0 Å². The summed E-state index contributed by atoms with van der Waals surface area (Å²) < 4.78 is 4.64. The number of rotatable bonds is 20. The van der Waals surface area contributed by atoms with Gasteiger partial charge < -0.3 is 4.74 Å². The number of carbonyl (C=O) groups excluding carboxylic acids is 1. The Balaban J connectivity index is 3.10. The van der Waals surface area contributed by atoms with Crippen LogP contribution in [0.4, 0.5) is 0 Å². The van der Waals surface area contributed by atoms with Gasteiger partial charge in [0, 0.05) is 6.42 Å². The summed E-state index contributed by atoms with van der Waals surface area (Å²) in [5.74, 6) is -0.0738. The zero-order valence-corrected chi connectivity index (χ0v) is 17.9. The van der Waals surface area contributed by atoms with Gasteiger partial charge in [0.1, 0.15) is 0 Å². The standard InChI is InChI=1S/C24H46O2/c1-3-4-5-6-7-8-9-10-11-12-13-14-15-16-17-18-19-20-21-22-23-24(25)26-2/h15-16H,3-14,17-23H2,1-2H3. The van der Waals surface area contributed by atoms with Crippen molar-refractivity contribution in [1.29, 1.82) is 0 Å². The van der Waals surface area contributed by atoms with E-state index >= 15 is 0 Å². The third kappa shape index (κ3) is 21.3. The topological polar surface area (TPSA) is 26.3 Å². The highest BCUT2D eigenvalue weighted by molar-refractivity contribution is 5.68. The number of esters is 1. The summed E-state index contributed by atoms with van der Waals surface area (Å²) in [6.07, 6.45) is 29.4. The maximum atomic E-state index is 11.0. The lowest BCUT2D eigenvalue weighted by atomic mass is 10.0. The van der Waals surface area contributed by atoms with Gasteiger partial charge in [0.2, 0.25) is 0 Å². The molecule has 0 aliphatic carbocycles. The highest BCUT2D eigenvalue weighted by Crippen LogP contribution is 2.12. The summed E-state index contributed by atoms with van der Waals surface area (Å²) >= 11 is 0. The van der Waals surface area contributed by atoms with Crippen LogP contribution < -0.4 is 0 Å². The van der Waals surface area contributed by atoms with E-state index in [1.165, 1.54) is 110 Å². The van der Waals surface area contributed by atoms with Crippen molar-refractivity contribution >= 4 is 5.97 Å². The second kappa shape index (κ2) is 22.3. The Labute approximate surface area is 164 Å². The molecule has 0 aliphatic heterocycles. The van der Waals surface area contributed by atoms with Gasteiger partial charge in [-0.15, -0.1) is 0 Å². The van der Waals surface area contributed by atoms with Crippen LogP contribution in [0.5, 0.6) is 0 Å². The molecule has 0 heterocycles. The predicted molar refractivity (Wildman–Crippen MR) is 115 cm³/mol. The van der Waals surface area contributed by atoms with E-state index in [9.17, 15) is 4.79 Å². The Hall–Kier alpha value is -0.790. The largest absolute Gasteiger partial charge is 0.469 e. The molecule has 0 aromatic heterocycles. The lowest BCUT2D eigenvalue weighted by molar-refractivity contribution is -0.140. The smallest absolute Gasteiger partial charge is 0.305 e. The maximum absolute atomic E-state index is 11.0. The molecule has 0 saturated carbocycles. The fourth-order valence-corrected chi connectivity index (χ4v) is 3.33. The van der Waals surface area contributed by atoms with Crippen LogP contribution in [-0.2, 0) is 9.53 Å². The molecule has 0 saturated heterocycles. The van der Waals surface area contributed by atoms with Crippen molar-refractivity contribution in [1.82, 2.24) is 0 Å². The number of hydrogen-bond acceptors (Lipinski definition) is 2. The molecule has 0 fully saturated rings. The molecule has 0 rings (SSSR count). The summed E-state index contributed by atoms with van der Waals surface area (Å²) in [5, 5.41) is 0. The van der Waals surface area contributed by atoms with E-state index < -0.39 is 0 Å². The van der Waals surface area contributed by atoms with Crippen molar-refractivity contribution in [2.75, 3.05) is 7.11 Å². The first-order valence-electron chi connectivity index (χ1n) is 11.5. The van der Waals surface area contributed by atoms with Crippen LogP contribution in [0.3, 0.4) is 0 Å². The van der Waals surface area contributed by atoms with Crippen molar-refractivity contribution in [3.05, 3.63) is 12.2 Å². The van der Waals surface area contributed by atoms with E-state index in [1.807, 2.05) is 0 Å². The summed E-state index contributed by atoms with van der Waals surface area (Å²) in [6.45, 7) is 2.28. The van der Waals surface area contributed by atoms with Crippen LogP contribution in [0.25, 0.3) is 0 Å². The molecule has 0 amide bonds. The molecular weight excluding hydrogens is 320 g/mol. The SMILES string of the molecule is CCCCCCCCCCCCCC=CCCCCCCCC(=O)OC. The van der Waals surface area contributed by atoms with Crippen molar-refractivity contribution in [3.63, 3.8) is 0 Å². The Morgan fingerprint density at radius 3 is 1.42 bits per heavy atom. The molecule has 0 aromatic rings. The average Bonchev–Trinajstić information content (AvgIpc) is 2.66. The number of hydrogen-bond donors (Lipinski definition) is 0. The van der Waals surface area contributed by atoms with Crippen LogP contribution in [0.2, 0.25) is 0 Å². The molecule has 0 atom stereocenters. The van der Waals surface area contributed by atoms with Crippen molar-refractivity contribution in [3.8, 4) is 0 Å². The van der Waals surface area contributed by atoms with Crippen LogP contribution in [-0.4, -0.2) is 13.1 Å². The summed E-state index contributed by atoms with van der Waals surface area (Å²) in [5.41, 5.74) is 0. The first-order chi connectivity index (χ1) is 12.8. The minimum absolute atomic E-state index is 0.0738. The first kappa shape index (κ1) is 25.2. The van der Waals surface area contributed by atoms with Crippen molar-refractivity contribution in [2.24, 2.45) is 0 Å². The zero-order valence-electron chi connectivity index (χ0n) is 17.9. The molecule has 0 bridgehead atoms. The third-order valence-corrected chi connectivity index (χ3v) is 5.12. The average molecular weight is 367 g/mol. The quantitative estimate of drug-likeness (QED) is 0.123. The van der Waals surface area contributed by atoms with E-state index in [0.717, 1.165) is 12.8 Å². The van der Waals surface area contributed by atoms with E-state index in [2.05, 4.69) is 23.8 Å². The fourth-order valence-electron chi connectivity index (χ4n) is 3.33. The Morgan fingerprint density at radius 2 is 1.00 bits per heavy atom. The maximum Gasteiger partial charge on any atom is 0.305 e. The zero-order chi connectivity index (χ0) is 19.1. The highest BCUT2D eigenvalue weighted by Gasteiger charge is 1.98. The predicted octanol–water partition coefficient (Wildman–Crippen LogP) is 8.15. The third-order valence-electron chi connectivity index (χ3n) is 5.12. The number of carbonyl (C=O) groups is 1. The van der Waals surface area contributed by atoms with Gasteiger partial charge in [0.15, 0.2) is 0 Å². The molecule has 0 unspecified atom stereocenters. The fraction of sp³-hybridized carbons (Fsp3) is 0.875. The number of unbranched alkanes of at least 4 members (excludes halogenated alkanes) is 16. The Bertz CT molecular complexity index is 309. The Kier molecular flexibility index (Phi) is 21.6. The second-order valence-electron chi connectivity index (χ2n) is 7.68. The molecule has 2 heteroatoms. The van der Waals surface area contributed by atoms with Gasteiger partial charge in [-0.3, -0.25) is 4.79 Å². The summed E-state index contributed by atoms with van der Waals surface area (Å²) in [7, 11) is 1.46. The van der Waals surface area contributed by atoms with Crippen LogP contribution in [0.1, 0.15) is 129 Å². The first-order valence-corrected chi connectivity index (χ1v) is 11.5. The minimum Gasteiger partial charge on any atom is -0.469 e. The molecule has 0 spiro atoms. The van der Waals surface area contributed by atoms with E-state index in [4.69, 9.17) is 0 Å². The molecule has 0 N–H and O–H groups in total. The van der Waals surface area contributed by atoms with Gasteiger partial charge in [0.05, 0.1) is 7.11 Å². The normalized spacial score (nSPS) is 11.3. The van der Waals surface area contributed by atoms with Crippen molar-refractivity contribution in [2.45, 2.75) is 129 Å². The molecule has 154 valence electrons. The summed E-state index contributed by atoms with van der Waals surface area (Å²) in [4.78, 5) is 11.0. The van der Waals surface area contributed by atoms with Gasteiger partial charge in [-0.1, -0.05) is 103 Å². The Morgan fingerprint density at radius 1 is 0.615 bits per heavy atom. The van der Waals surface area contributed by atoms with E-state index in [0.29, 0.717) is 6.42 Å². The number of allylic oxidation sites excluding steroid dienone is 2. The molecular formula is C24H46O2. The van der Waals surface area contributed by atoms with Gasteiger partial charge >= 0.3 is 5.97 Å². The summed E-state index contributed by atoms with van der Waals surface area (Å²) in [6, 6.07) is 0. The van der Waals surface area contributed by atoms with Gasteiger partial charge in [-0.2, -0.15) is 0 Å². The molecule has 2 nitrogen and oxygen atoms in total. The van der Waals surface area contributed by atoms with E-state index in [1.54, 1.807) is 0 Å². The second-order valence-corrected chi connectivity index (χ2v) is 7.68. The van der Waals surface area contributed by atoms with Crippen LogP contribution in [0.15, 0.2) is 12.2 Å². The molecule has 0 radical (unpaired) electrons. The van der Waals surface area contributed by atoms with Crippen molar-refractivity contribution < 1.29 is 9.53 Å². The minimum atomic E-state index is -0.0738.